The SMILES string of the molecule is O=C(Nc1ccccc1C(=O)N1CCCCC1)c1ccc(OCCOc2ccccc2)cc1. The van der Waals surface area contributed by atoms with Crippen molar-refractivity contribution in [3.05, 3.63) is 90.0 Å². The average Bonchev–Trinajstić information content (AvgIpc) is 2.88. The zero-order chi connectivity index (χ0) is 22.9. The van der Waals surface area contributed by atoms with Crippen LogP contribution in [0.25, 0.3) is 0 Å². The highest BCUT2D eigenvalue weighted by atomic mass is 16.5. The molecule has 3 aromatic rings. The number of amides is 2. The van der Waals surface area contributed by atoms with Crippen LogP contribution in [0.1, 0.15) is 40.0 Å². The third-order valence-electron chi connectivity index (χ3n) is 5.53. The standard InChI is InChI=1S/C27H28N2O4/c30-26(28-25-12-6-5-11-24(25)27(31)29-17-7-2-8-18-29)21-13-15-23(16-14-21)33-20-19-32-22-9-3-1-4-10-22/h1,3-6,9-16H,2,7-8,17-20H2,(H,28,30). The van der Waals surface area contributed by atoms with Gasteiger partial charge in [-0.2, -0.15) is 0 Å². The Morgan fingerprint density at radius 3 is 2.03 bits per heavy atom. The van der Waals surface area contributed by atoms with Gasteiger partial charge in [0.05, 0.1) is 11.3 Å². The van der Waals surface area contributed by atoms with Gasteiger partial charge in [-0.1, -0.05) is 30.3 Å². The largest absolute Gasteiger partial charge is 0.490 e. The minimum absolute atomic E-state index is 0.0351. The van der Waals surface area contributed by atoms with Crippen molar-refractivity contribution >= 4 is 17.5 Å². The Kier molecular flexibility index (Phi) is 7.59. The molecule has 0 saturated carbocycles. The summed E-state index contributed by atoms with van der Waals surface area (Å²) in [6.07, 6.45) is 3.20. The fourth-order valence-electron chi connectivity index (χ4n) is 3.78. The average molecular weight is 445 g/mol. The van der Waals surface area contributed by atoms with Crippen LogP contribution >= 0.6 is 0 Å². The molecule has 0 spiro atoms. The van der Waals surface area contributed by atoms with E-state index in [1.165, 1.54) is 0 Å². The minimum atomic E-state index is -0.271. The fourth-order valence-corrected chi connectivity index (χ4v) is 3.78. The summed E-state index contributed by atoms with van der Waals surface area (Å²) in [6, 6.07) is 23.6. The highest BCUT2D eigenvalue weighted by Crippen LogP contribution is 2.21. The lowest BCUT2D eigenvalue weighted by atomic mass is 10.1. The van der Waals surface area contributed by atoms with E-state index in [2.05, 4.69) is 5.32 Å². The van der Waals surface area contributed by atoms with Gasteiger partial charge in [0.1, 0.15) is 24.7 Å². The van der Waals surface area contributed by atoms with Crippen molar-refractivity contribution in [2.75, 3.05) is 31.6 Å². The first-order chi connectivity index (χ1) is 16.2. The summed E-state index contributed by atoms with van der Waals surface area (Å²) in [6.45, 7) is 2.35. The predicted octanol–water partition coefficient (Wildman–Crippen LogP) is 5.02. The summed E-state index contributed by atoms with van der Waals surface area (Å²) in [4.78, 5) is 27.6. The van der Waals surface area contributed by atoms with Crippen LogP contribution in [0.4, 0.5) is 5.69 Å². The molecule has 33 heavy (non-hydrogen) atoms. The van der Waals surface area contributed by atoms with E-state index in [9.17, 15) is 9.59 Å². The number of likely N-dealkylation sites (tertiary alicyclic amines) is 1. The molecular formula is C27H28N2O4. The van der Waals surface area contributed by atoms with Crippen molar-refractivity contribution in [1.29, 1.82) is 0 Å². The summed E-state index contributed by atoms with van der Waals surface area (Å²) in [5.41, 5.74) is 1.53. The van der Waals surface area contributed by atoms with Gasteiger partial charge >= 0.3 is 0 Å². The van der Waals surface area contributed by atoms with E-state index in [1.807, 2.05) is 47.4 Å². The Balaban J connectivity index is 1.32. The molecule has 4 rings (SSSR count). The molecule has 170 valence electrons. The van der Waals surface area contributed by atoms with Crippen LogP contribution in [0, 0.1) is 0 Å². The van der Waals surface area contributed by atoms with Gasteiger partial charge in [-0.05, 0) is 67.8 Å². The first-order valence-corrected chi connectivity index (χ1v) is 11.3. The molecule has 1 aliphatic rings. The van der Waals surface area contributed by atoms with Crippen molar-refractivity contribution in [3.8, 4) is 11.5 Å². The lowest BCUT2D eigenvalue weighted by molar-refractivity contribution is 0.0725. The molecular weight excluding hydrogens is 416 g/mol. The number of hydrogen-bond acceptors (Lipinski definition) is 4. The van der Waals surface area contributed by atoms with Crippen LogP contribution in [-0.4, -0.2) is 43.0 Å². The van der Waals surface area contributed by atoms with Gasteiger partial charge < -0.3 is 19.7 Å². The van der Waals surface area contributed by atoms with Gasteiger partial charge in [0.2, 0.25) is 0 Å². The molecule has 6 heteroatoms. The van der Waals surface area contributed by atoms with E-state index in [4.69, 9.17) is 9.47 Å². The second-order valence-corrected chi connectivity index (χ2v) is 7.89. The molecule has 3 aromatic carbocycles. The Morgan fingerprint density at radius 2 is 1.33 bits per heavy atom. The normalized spacial score (nSPS) is 13.3. The Bertz CT molecular complexity index is 1060. The van der Waals surface area contributed by atoms with E-state index in [0.29, 0.717) is 35.8 Å². The lowest BCUT2D eigenvalue weighted by Crippen LogP contribution is -2.36. The Morgan fingerprint density at radius 1 is 0.727 bits per heavy atom. The number of piperidine rings is 1. The molecule has 1 saturated heterocycles. The Hall–Kier alpha value is -3.80. The van der Waals surface area contributed by atoms with Crippen molar-refractivity contribution in [2.24, 2.45) is 0 Å². The predicted molar refractivity (Wildman–Crippen MR) is 128 cm³/mol. The van der Waals surface area contributed by atoms with Gasteiger partial charge in [0.15, 0.2) is 0 Å². The molecule has 0 aromatic heterocycles. The number of carbonyl (C=O) groups excluding carboxylic acids is 2. The maximum atomic E-state index is 12.9. The second-order valence-electron chi connectivity index (χ2n) is 7.89. The number of benzene rings is 3. The van der Waals surface area contributed by atoms with E-state index < -0.39 is 0 Å². The van der Waals surface area contributed by atoms with Crippen LogP contribution < -0.4 is 14.8 Å². The number of carbonyl (C=O) groups is 2. The summed E-state index contributed by atoms with van der Waals surface area (Å²) in [5.74, 6) is 1.15. The third-order valence-corrected chi connectivity index (χ3v) is 5.53. The van der Waals surface area contributed by atoms with Crippen molar-refractivity contribution in [2.45, 2.75) is 19.3 Å². The van der Waals surface area contributed by atoms with Gasteiger partial charge in [-0.3, -0.25) is 9.59 Å². The molecule has 1 aliphatic heterocycles. The van der Waals surface area contributed by atoms with Crippen molar-refractivity contribution in [3.63, 3.8) is 0 Å². The van der Waals surface area contributed by atoms with Crippen LogP contribution in [0.2, 0.25) is 0 Å². The van der Waals surface area contributed by atoms with Crippen molar-refractivity contribution < 1.29 is 19.1 Å². The smallest absolute Gasteiger partial charge is 0.255 e. The molecule has 1 N–H and O–H groups in total. The summed E-state index contributed by atoms with van der Waals surface area (Å²) in [7, 11) is 0. The fraction of sp³-hybridized carbons (Fsp3) is 0.259. The molecule has 1 heterocycles. The number of para-hydroxylation sites is 2. The Labute approximate surface area is 194 Å². The minimum Gasteiger partial charge on any atom is -0.490 e. The molecule has 6 nitrogen and oxygen atoms in total. The first-order valence-electron chi connectivity index (χ1n) is 11.3. The molecule has 0 radical (unpaired) electrons. The van der Waals surface area contributed by atoms with Gasteiger partial charge in [-0.15, -0.1) is 0 Å². The number of hydrogen-bond donors (Lipinski definition) is 1. The maximum Gasteiger partial charge on any atom is 0.255 e. The maximum absolute atomic E-state index is 12.9. The summed E-state index contributed by atoms with van der Waals surface area (Å²) < 4.78 is 11.3. The van der Waals surface area contributed by atoms with Gasteiger partial charge in [0, 0.05) is 18.7 Å². The number of rotatable bonds is 8. The topological polar surface area (TPSA) is 67.9 Å². The lowest BCUT2D eigenvalue weighted by Gasteiger charge is -2.27. The van der Waals surface area contributed by atoms with Crippen LogP contribution in [0.3, 0.4) is 0 Å². The number of nitrogens with zero attached hydrogens (tertiary/aromatic N) is 1. The molecule has 2 amide bonds. The first kappa shape index (κ1) is 22.4. The van der Waals surface area contributed by atoms with E-state index in [-0.39, 0.29) is 11.8 Å². The van der Waals surface area contributed by atoms with Crippen LogP contribution in [0.15, 0.2) is 78.9 Å². The van der Waals surface area contributed by atoms with Gasteiger partial charge in [0.25, 0.3) is 11.8 Å². The monoisotopic (exact) mass is 444 g/mol. The number of anilines is 1. The molecule has 0 aliphatic carbocycles. The third kappa shape index (κ3) is 6.13. The molecule has 1 fully saturated rings. The van der Waals surface area contributed by atoms with E-state index >= 15 is 0 Å². The summed E-state index contributed by atoms with van der Waals surface area (Å²) in [5, 5.41) is 2.89. The highest BCUT2D eigenvalue weighted by molar-refractivity contribution is 6.09. The zero-order valence-electron chi connectivity index (χ0n) is 18.5. The van der Waals surface area contributed by atoms with E-state index in [0.717, 1.165) is 38.1 Å². The molecule has 0 unspecified atom stereocenters. The van der Waals surface area contributed by atoms with Crippen molar-refractivity contribution in [1.82, 2.24) is 4.90 Å². The quantitative estimate of drug-likeness (QED) is 0.495. The second kappa shape index (κ2) is 11.2. The number of ether oxygens (including phenoxy) is 2. The van der Waals surface area contributed by atoms with Crippen LogP contribution in [0.5, 0.6) is 11.5 Å². The van der Waals surface area contributed by atoms with E-state index in [1.54, 1.807) is 36.4 Å². The van der Waals surface area contributed by atoms with Crippen LogP contribution in [-0.2, 0) is 0 Å². The van der Waals surface area contributed by atoms with Gasteiger partial charge in [-0.25, -0.2) is 0 Å². The zero-order valence-corrected chi connectivity index (χ0v) is 18.5. The summed E-state index contributed by atoms with van der Waals surface area (Å²) >= 11 is 0. The molecule has 0 bridgehead atoms. The molecule has 0 atom stereocenters. The number of nitrogens with one attached hydrogen (secondary N) is 1. The highest BCUT2D eigenvalue weighted by Gasteiger charge is 2.21.